The molecule has 0 fully saturated rings. The van der Waals surface area contributed by atoms with Gasteiger partial charge in [0.15, 0.2) is 11.6 Å². The lowest BCUT2D eigenvalue weighted by atomic mass is 10.1. The molecule has 0 saturated carbocycles. The first-order chi connectivity index (χ1) is 5.77. The quantitative estimate of drug-likeness (QED) is 0.494. The number of Topliss-reactive ketones (excluding diaryl/α,β-unsaturated/α-hetero) is 2. The lowest BCUT2D eigenvalue weighted by Gasteiger charge is -1.94. The molecule has 0 unspecified atom stereocenters. The van der Waals surface area contributed by atoms with E-state index in [-0.39, 0.29) is 11.6 Å². The second-order valence-electron chi connectivity index (χ2n) is 3.33. The molecule has 0 radical (unpaired) electrons. The van der Waals surface area contributed by atoms with Gasteiger partial charge in [-0.3, -0.25) is 9.59 Å². The SMILES string of the molecule is O=C1CC2=CC=C3CC(=O)C1=C23. The van der Waals surface area contributed by atoms with Crippen molar-refractivity contribution in [3.8, 4) is 0 Å². The summed E-state index contributed by atoms with van der Waals surface area (Å²) in [6.07, 6.45) is 4.80. The summed E-state index contributed by atoms with van der Waals surface area (Å²) in [5, 5.41) is 0. The van der Waals surface area contributed by atoms with Crippen molar-refractivity contribution in [3.05, 3.63) is 34.4 Å². The molecule has 3 aliphatic carbocycles. The van der Waals surface area contributed by atoms with Crippen LogP contribution in [0.25, 0.3) is 0 Å². The molecule has 0 amide bonds. The molecule has 0 aromatic rings. The lowest BCUT2D eigenvalue weighted by Crippen LogP contribution is -2.04. The Morgan fingerprint density at radius 1 is 0.833 bits per heavy atom. The van der Waals surface area contributed by atoms with Crippen LogP contribution in [0.2, 0.25) is 0 Å². The molecule has 12 heavy (non-hydrogen) atoms. The van der Waals surface area contributed by atoms with E-state index in [9.17, 15) is 9.59 Å². The third-order valence-electron chi connectivity index (χ3n) is 2.64. The van der Waals surface area contributed by atoms with Crippen molar-refractivity contribution in [1.29, 1.82) is 0 Å². The summed E-state index contributed by atoms with van der Waals surface area (Å²) in [4.78, 5) is 22.6. The van der Waals surface area contributed by atoms with Gasteiger partial charge < -0.3 is 0 Å². The standard InChI is InChI=1S/C10H6O2/c11-7-3-5-1-2-6-4-8(12)10(7)9(5)6/h1-2H,3-4H2. The number of carbonyl (C=O) groups excluding carboxylic acids is 2. The maximum absolute atomic E-state index is 11.3. The fourth-order valence-electron chi connectivity index (χ4n) is 2.15. The number of allylic oxidation sites excluding steroid dienone is 6. The molecule has 3 rings (SSSR count). The number of hydrogen-bond acceptors (Lipinski definition) is 2. The molecule has 2 nitrogen and oxygen atoms in total. The molecular formula is C10H6O2. The summed E-state index contributed by atoms with van der Waals surface area (Å²) in [5.41, 5.74) is 3.54. The normalized spacial score (nSPS) is 25.0. The Hall–Kier alpha value is -1.44. The lowest BCUT2D eigenvalue weighted by molar-refractivity contribution is -0.120. The smallest absolute Gasteiger partial charge is 0.171 e. The van der Waals surface area contributed by atoms with Gasteiger partial charge in [-0.05, 0) is 16.7 Å². The first kappa shape index (κ1) is 6.12. The van der Waals surface area contributed by atoms with Gasteiger partial charge in [-0.15, -0.1) is 0 Å². The first-order valence-corrected chi connectivity index (χ1v) is 3.98. The van der Waals surface area contributed by atoms with Crippen LogP contribution in [0.15, 0.2) is 34.4 Å². The van der Waals surface area contributed by atoms with Gasteiger partial charge in [0, 0.05) is 12.8 Å². The van der Waals surface area contributed by atoms with E-state index in [1.54, 1.807) is 0 Å². The van der Waals surface area contributed by atoms with Gasteiger partial charge in [0.2, 0.25) is 0 Å². The zero-order chi connectivity index (χ0) is 8.29. The van der Waals surface area contributed by atoms with Crippen LogP contribution in [0, 0.1) is 0 Å². The highest BCUT2D eigenvalue weighted by Gasteiger charge is 2.40. The van der Waals surface area contributed by atoms with Gasteiger partial charge in [-0.25, -0.2) is 0 Å². The second-order valence-corrected chi connectivity index (χ2v) is 3.33. The predicted molar refractivity (Wildman–Crippen MR) is 42.4 cm³/mol. The van der Waals surface area contributed by atoms with Gasteiger partial charge in [-0.2, -0.15) is 0 Å². The third kappa shape index (κ3) is 0.491. The van der Waals surface area contributed by atoms with E-state index in [1.165, 1.54) is 0 Å². The van der Waals surface area contributed by atoms with E-state index >= 15 is 0 Å². The molecule has 0 atom stereocenters. The van der Waals surface area contributed by atoms with Crippen molar-refractivity contribution >= 4 is 11.6 Å². The van der Waals surface area contributed by atoms with E-state index in [4.69, 9.17) is 0 Å². The second kappa shape index (κ2) is 1.66. The Morgan fingerprint density at radius 3 is 1.83 bits per heavy atom. The minimum absolute atomic E-state index is 0.0179. The van der Waals surface area contributed by atoms with Crippen molar-refractivity contribution in [2.45, 2.75) is 12.8 Å². The molecule has 0 N–H and O–H groups in total. The summed E-state index contributed by atoms with van der Waals surface area (Å²) in [6, 6.07) is 0. The minimum atomic E-state index is 0.0179. The molecule has 58 valence electrons. The Morgan fingerprint density at radius 2 is 1.33 bits per heavy atom. The molecule has 0 aromatic carbocycles. The summed E-state index contributed by atoms with van der Waals surface area (Å²) in [7, 11) is 0. The number of rotatable bonds is 0. The van der Waals surface area contributed by atoms with Crippen LogP contribution in [0.1, 0.15) is 12.8 Å². The monoisotopic (exact) mass is 158 g/mol. The summed E-state index contributed by atoms with van der Waals surface area (Å²) < 4.78 is 0. The zero-order valence-electron chi connectivity index (χ0n) is 6.39. The van der Waals surface area contributed by atoms with Crippen molar-refractivity contribution in [1.82, 2.24) is 0 Å². The van der Waals surface area contributed by atoms with Crippen molar-refractivity contribution < 1.29 is 9.59 Å². The largest absolute Gasteiger partial charge is 0.294 e. The first-order valence-electron chi connectivity index (χ1n) is 3.98. The molecule has 0 aromatic heterocycles. The highest BCUT2D eigenvalue weighted by molar-refractivity contribution is 6.28. The molecule has 0 aliphatic heterocycles. The maximum Gasteiger partial charge on any atom is 0.171 e. The Kier molecular flexibility index (Phi) is 0.845. The number of ketones is 2. The zero-order valence-corrected chi connectivity index (χ0v) is 6.39. The van der Waals surface area contributed by atoms with Crippen LogP contribution in [-0.2, 0) is 9.59 Å². The van der Waals surface area contributed by atoms with E-state index in [2.05, 4.69) is 0 Å². The van der Waals surface area contributed by atoms with Gasteiger partial charge in [0.1, 0.15) is 0 Å². The fourth-order valence-corrected chi connectivity index (χ4v) is 2.15. The van der Waals surface area contributed by atoms with E-state index < -0.39 is 0 Å². The molecular weight excluding hydrogens is 152 g/mol. The average molecular weight is 158 g/mol. The van der Waals surface area contributed by atoms with Crippen LogP contribution >= 0.6 is 0 Å². The summed E-state index contributed by atoms with van der Waals surface area (Å²) in [6.45, 7) is 0. The van der Waals surface area contributed by atoms with Crippen LogP contribution in [0.5, 0.6) is 0 Å². The van der Waals surface area contributed by atoms with Crippen LogP contribution in [0.4, 0.5) is 0 Å². The average Bonchev–Trinajstić information content (AvgIpc) is 2.57. The Bertz CT molecular complexity index is 381. The molecule has 0 heterocycles. The van der Waals surface area contributed by atoms with Crippen molar-refractivity contribution in [3.63, 3.8) is 0 Å². The van der Waals surface area contributed by atoms with Crippen molar-refractivity contribution in [2.75, 3.05) is 0 Å². The number of carbonyl (C=O) groups is 2. The van der Waals surface area contributed by atoms with Gasteiger partial charge >= 0.3 is 0 Å². The van der Waals surface area contributed by atoms with E-state index in [1.807, 2.05) is 12.2 Å². The van der Waals surface area contributed by atoms with Crippen LogP contribution in [0.3, 0.4) is 0 Å². The molecule has 0 saturated heterocycles. The topological polar surface area (TPSA) is 34.1 Å². The Labute approximate surface area is 69.3 Å². The molecule has 0 spiro atoms. The Balaban J connectivity index is 2.35. The van der Waals surface area contributed by atoms with E-state index in [0.29, 0.717) is 18.4 Å². The van der Waals surface area contributed by atoms with Gasteiger partial charge in [-0.1, -0.05) is 12.2 Å². The van der Waals surface area contributed by atoms with Gasteiger partial charge in [0.25, 0.3) is 0 Å². The number of hydrogen-bond donors (Lipinski definition) is 0. The summed E-state index contributed by atoms with van der Waals surface area (Å²) >= 11 is 0. The molecule has 3 aliphatic rings. The molecule has 0 bridgehead atoms. The fraction of sp³-hybridized carbons (Fsp3) is 0.200. The highest BCUT2D eigenvalue weighted by Crippen LogP contribution is 2.44. The predicted octanol–water partition coefficient (Wildman–Crippen LogP) is 1.09. The van der Waals surface area contributed by atoms with Crippen LogP contribution in [-0.4, -0.2) is 11.6 Å². The molecule has 2 heteroatoms. The van der Waals surface area contributed by atoms with Crippen LogP contribution < -0.4 is 0 Å². The third-order valence-corrected chi connectivity index (χ3v) is 2.64. The van der Waals surface area contributed by atoms with E-state index in [0.717, 1.165) is 16.7 Å². The summed E-state index contributed by atoms with van der Waals surface area (Å²) in [5.74, 6) is 0.0358. The maximum atomic E-state index is 11.3. The van der Waals surface area contributed by atoms with Gasteiger partial charge in [0.05, 0.1) is 5.57 Å². The minimum Gasteiger partial charge on any atom is -0.294 e. The highest BCUT2D eigenvalue weighted by atomic mass is 16.1. The van der Waals surface area contributed by atoms with Crippen molar-refractivity contribution in [2.24, 2.45) is 0 Å².